The minimum absolute atomic E-state index is 0.0551. The third-order valence-corrected chi connectivity index (χ3v) is 4.79. The largest absolute Gasteiger partial charge is 0.342 e. The number of benzene rings is 1. The number of carbonyl (C=O) groups excluding carboxylic acids is 1. The van der Waals surface area contributed by atoms with E-state index in [0.29, 0.717) is 25.0 Å². The van der Waals surface area contributed by atoms with Crippen LogP contribution in [0.5, 0.6) is 0 Å². The highest BCUT2D eigenvalue weighted by molar-refractivity contribution is 5.80. The van der Waals surface area contributed by atoms with Gasteiger partial charge in [-0.3, -0.25) is 4.79 Å². The van der Waals surface area contributed by atoms with Gasteiger partial charge in [-0.1, -0.05) is 13.8 Å². The number of nitrogens with one attached hydrogen (secondary N) is 1. The van der Waals surface area contributed by atoms with E-state index in [4.69, 9.17) is 0 Å². The van der Waals surface area contributed by atoms with Gasteiger partial charge in [0.15, 0.2) is 0 Å². The normalized spacial score (nSPS) is 12.7. The lowest BCUT2D eigenvalue weighted by atomic mass is 10.2. The molecule has 1 aromatic carbocycles. The van der Waals surface area contributed by atoms with Gasteiger partial charge in [0.25, 0.3) is 0 Å². The van der Waals surface area contributed by atoms with Crippen LogP contribution >= 0.6 is 0 Å². The zero-order chi connectivity index (χ0) is 19.6. The van der Waals surface area contributed by atoms with E-state index >= 15 is 0 Å². The number of H-pyrrole nitrogens is 1. The van der Waals surface area contributed by atoms with Crippen molar-refractivity contribution in [2.75, 3.05) is 13.1 Å². The highest BCUT2D eigenvalue weighted by Crippen LogP contribution is 2.19. The van der Waals surface area contributed by atoms with Crippen LogP contribution < -0.4 is 0 Å². The fraction of sp³-hybridized carbons (Fsp3) is 0.450. The van der Waals surface area contributed by atoms with Crippen LogP contribution in [0.4, 0.5) is 4.39 Å². The van der Waals surface area contributed by atoms with Gasteiger partial charge in [-0.25, -0.2) is 14.4 Å². The summed E-state index contributed by atoms with van der Waals surface area (Å²) >= 11 is 0. The molecule has 2 aromatic heterocycles. The molecule has 0 saturated heterocycles. The molecule has 3 aromatic rings. The maximum absolute atomic E-state index is 13.3. The Balaban J connectivity index is 1.70. The zero-order valence-electron chi connectivity index (χ0n) is 16.2. The Morgan fingerprint density at radius 2 is 2.11 bits per heavy atom. The summed E-state index contributed by atoms with van der Waals surface area (Å²) in [4.78, 5) is 26.8. The standard InChI is InChI=1S/C20H26FN5O/c1-5-25(20(27)14(4)26-11-9-22-19(26)13(2)3)10-8-18-23-16-7-6-15(21)12-17(16)24-18/h6-7,9,11-14H,5,8,10H2,1-4H3,(H,23,24)/t14-/m0/s1. The van der Waals surface area contributed by atoms with Crippen molar-refractivity contribution in [2.45, 2.75) is 46.1 Å². The molecule has 6 nitrogen and oxygen atoms in total. The van der Waals surface area contributed by atoms with Gasteiger partial charge < -0.3 is 14.5 Å². The van der Waals surface area contributed by atoms with Crippen molar-refractivity contribution in [3.63, 3.8) is 0 Å². The van der Waals surface area contributed by atoms with Gasteiger partial charge in [-0.2, -0.15) is 0 Å². The minimum Gasteiger partial charge on any atom is -0.342 e. The molecule has 0 aliphatic heterocycles. The van der Waals surface area contributed by atoms with E-state index in [1.54, 1.807) is 12.3 Å². The number of hydrogen-bond acceptors (Lipinski definition) is 3. The molecule has 2 heterocycles. The molecular weight excluding hydrogens is 345 g/mol. The van der Waals surface area contributed by atoms with Crippen molar-refractivity contribution in [3.05, 3.63) is 48.1 Å². The Labute approximate surface area is 158 Å². The first-order valence-corrected chi connectivity index (χ1v) is 9.36. The van der Waals surface area contributed by atoms with Crippen LogP contribution in [0.25, 0.3) is 11.0 Å². The summed E-state index contributed by atoms with van der Waals surface area (Å²) in [7, 11) is 0. The first-order valence-electron chi connectivity index (χ1n) is 9.36. The molecule has 0 aliphatic rings. The zero-order valence-corrected chi connectivity index (χ0v) is 16.2. The van der Waals surface area contributed by atoms with E-state index in [1.807, 2.05) is 29.5 Å². The fourth-order valence-corrected chi connectivity index (χ4v) is 3.30. The third kappa shape index (κ3) is 4.02. The average molecular weight is 371 g/mol. The van der Waals surface area contributed by atoms with Crippen LogP contribution in [0.1, 0.15) is 51.3 Å². The Morgan fingerprint density at radius 3 is 2.81 bits per heavy atom. The number of aromatic nitrogens is 4. The number of hydrogen-bond donors (Lipinski definition) is 1. The van der Waals surface area contributed by atoms with Crippen LogP contribution in [-0.4, -0.2) is 43.4 Å². The molecule has 0 fully saturated rings. The predicted octanol–water partition coefficient (Wildman–Crippen LogP) is 3.67. The lowest BCUT2D eigenvalue weighted by Crippen LogP contribution is -2.38. The lowest BCUT2D eigenvalue weighted by molar-refractivity contribution is -0.134. The molecule has 7 heteroatoms. The van der Waals surface area contributed by atoms with Crippen molar-refractivity contribution < 1.29 is 9.18 Å². The van der Waals surface area contributed by atoms with Gasteiger partial charge in [0.05, 0.1) is 11.0 Å². The molecular formula is C20H26FN5O. The summed E-state index contributed by atoms with van der Waals surface area (Å²) in [6.45, 7) is 9.17. The molecule has 0 unspecified atom stereocenters. The number of fused-ring (bicyclic) bond motifs is 1. The summed E-state index contributed by atoms with van der Waals surface area (Å²) in [6.07, 6.45) is 4.19. The summed E-state index contributed by atoms with van der Waals surface area (Å²) in [5, 5.41) is 0. The van der Waals surface area contributed by atoms with Crippen molar-refractivity contribution >= 4 is 16.9 Å². The molecule has 0 bridgehead atoms. The molecule has 3 rings (SSSR count). The smallest absolute Gasteiger partial charge is 0.245 e. The number of nitrogens with zero attached hydrogens (tertiary/aromatic N) is 4. The van der Waals surface area contributed by atoms with Gasteiger partial charge in [0, 0.05) is 37.8 Å². The van der Waals surface area contributed by atoms with Gasteiger partial charge in [-0.15, -0.1) is 0 Å². The Morgan fingerprint density at radius 1 is 1.33 bits per heavy atom. The fourth-order valence-electron chi connectivity index (χ4n) is 3.30. The minimum atomic E-state index is -0.311. The second-order valence-corrected chi connectivity index (χ2v) is 7.04. The van der Waals surface area contributed by atoms with E-state index < -0.39 is 0 Å². The van der Waals surface area contributed by atoms with Crippen LogP contribution in [0, 0.1) is 5.82 Å². The average Bonchev–Trinajstić information content (AvgIpc) is 3.27. The van der Waals surface area contributed by atoms with Crippen LogP contribution in [0.2, 0.25) is 0 Å². The van der Waals surface area contributed by atoms with Crippen LogP contribution in [0.3, 0.4) is 0 Å². The topological polar surface area (TPSA) is 66.8 Å². The van der Waals surface area contributed by atoms with Gasteiger partial charge in [0.1, 0.15) is 23.5 Å². The monoisotopic (exact) mass is 371 g/mol. The molecule has 1 N–H and O–H groups in total. The Hall–Kier alpha value is -2.70. The molecule has 27 heavy (non-hydrogen) atoms. The number of halogens is 1. The first-order chi connectivity index (χ1) is 12.9. The lowest BCUT2D eigenvalue weighted by Gasteiger charge is -2.26. The van der Waals surface area contributed by atoms with Gasteiger partial charge >= 0.3 is 0 Å². The molecule has 144 valence electrons. The Kier molecular flexibility index (Phi) is 5.58. The summed E-state index contributed by atoms with van der Waals surface area (Å²) in [5.74, 6) is 1.67. The maximum Gasteiger partial charge on any atom is 0.245 e. The van der Waals surface area contributed by atoms with Crippen LogP contribution in [0.15, 0.2) is 30.6 Å². The summed E-state index contributed by atoms with van der Waals surface area (Å²) < 4.78 is 15.3. The molecule has 0 spiro atoms. The summed E-state index contributed by atoms with van der Waals surface area (Å²) in [5.41, 5.74) is 1.40. The number of imidazole rings is 2. The van der Waals surface area contributed by atoms with E-state index in [1.165, 1.54) is 12.1 Å². The van der Waals surface area contributed by atoms with E-state index in [-0.39, 0.29) is 23.7 Å². The molecule has 0 aliphatic carbocycles. The van der Waals surface area contributed by atoms with Crippen molar-refractivity contribution in [2.24, 2.45) is 0 Å². The second-order valence-electron chi connectivity index (χ2n) is 7.04. The SMILES string of the molecule is CCN(CCc1nc2ccc(F)cc2[nH]1)C(=O)[C@H](C)n1ccnc1C(C)C. The van der Waals surface area contributed by atoms with Gasteiger partial charge in [-0.05, 0) is 32.0 Å². The van der Waals surface area contributed by atoms with Crippen LogP contribution in [-0.2, 0) is 11.2 Å². The highest BCUT2D eigenvalue weighted by atomic mass is 19.1. The van der Waals surface area contributed by atoms with E-state index in [2.05, 4.69) is 28.8 Å². The maximum atomic E-state index is 13.3. The Bertz CT molecular complexity index is 929. The molecule has 1 amide bonds. The van der Waals surface area contributed by atoms with Crippen molar-refractivity contribution in [1.29, 1.82) is 0 Å². The quantitative estimate of drug-likeness (QED) is 0.689. The number of amides is 1. The molecule has 0 radical (unpaired) electrons. The first kappa shape index (κ1) is 19.1. The number of aromatic amines is 1. The highest BCUT2D eigenvalue weighted by Gasteiger charge is 2.23. The predicted molar refractivity (Wildman–Crippen MR) is 103 cm³/mol. The van der Waals surface area contributed by atoms with E-state index in [9.17, 15) is 9.18 Å². The number of rotatable bonds is 7. The molecule has 1 atom stereocenters. The van der Waals surface area contributed by atoms with Crippen molar-refractivity contribution in [1.82, 2.24) is 24.4 Å². The second kappa shape index (κ2) is 7.90. The van der Waals surface area contributed by atoms with Gasteiger partial charge in [0.2, 0.25) is 5.91 Å². The number of carbonyl (C=O) groups is 1. The van der Waals surface area contributed by atoms with E-state index in [0.717, 1.165) is 17.2 Å². The van der Waals surface area contributed by atoms with Crippen molar-refractivity contribution in [3.8, 4) is 0 Å². The molecule has 0 saturated carbocycles. The third-order valence-electron chi connectivity index (χ3n) is 4.79. The summed E-state index contributed by atoms with van der Waals surface area (Å²) in [6, 6.07) is 4.17. The number of likely N-dealkylation sites (N-methyl/N-ethyl adjacent to an activating group) is 1.